The van der Waals surface area contributed by atoms with Gasteiger partial charge >= 0.3 is 0 Å². The van der Waals surface area contributed by atoms with E-state index in [1.54, 1.807) is 0 Å². The van der Waals surface area contributed by atoms with Gasteiger partial charge in [0.05, 0.1) is 0 Å². The van der Waals surface area contributed by atoms with E-state index in [-0.39, 0.29) is 5.95 Å². The van der Waals surface area contributed by atoms with Crippen molar-refractivity contribution in [2.24, 2.45) is 0 Å². The fourth-order valence-electron chi connectivity index (χ4n) is 1.45. The van der Waals surface area contributed by atoms with E-state index in [2.05, 4.69) is 22.1 Å². The molecule has 2 aromatic rings. The summed E-state index contributed by atoms with van der Waals surface area (Å²) in [6.45, 7) is 4.09. The molecule has 1 heterocycles. The van der Waals surface area contributed by atoms with Crippen molar-refractivity contribution in [2.75, 3.05) is 11.5 Å². The van der Waals surface area contributed by atoms with Gasteiger partial charge in [0.2, 0.25) is 5.95 Å². The molecule has 1 aromatic carbocycles. The van der Waals surface area contributed by atoms with E-state index in [1.807, 2.05) is 25.1 Å². The summed E-state index contributed by atoms with van der Waals surface area (Å²) in [7, 11) is 0. The van der Waals surface area contributed by atoms with Crippen LogP contribution < -0.4 is 11.5 Å². The number of aryl methyl sites for hydroxylation is 2. The summed E-state index contributed by atoms with van der Waals surface area (Å²) >= 11 is 0. The molecule has 0 spiro atoms. The third kappa shape index (κ3) is 1.79. The first-order valence-electron chi connectivity index (χ1n) is 4.91. The molecule has 0 aliphatic heterocycles. The monoisotopic (exact) mass is 215 g/mol. The smallest absolute Gasteiger partial charge is 0.242 e. The Balaban J connectivity index is 2.54. The number of nitrogen functional groups attached to an aromatic ring is 2. The Kier molecular flexibility index (Phi) is 2.44. The zero-order valence-corrected chi connectivity index (χ0v) is 9.23. The van der Waals surface area contributed by atoms with Gasteiger partial charge < -0.3 is 11.5 Å². The number of anilines is 2. The van der Waals surface area contributed by atoms with Crippen LogP contribution in [0.5, 0.6) is 0 Å². The van der Waals surface area contributed by atoms with E-state index in [0.29, 0.717) is 11.5 Å². The van der Waals surface area contributed by atoms with Gasteiger partial charge in [-0.3, -0.25) is 0 Å². The zero-order valence-electron chi connectivity index (χ0n) is 9.23. The topological polar surface area (TPSA) is 90.7 Å². The number of rotatable bonds is 1. The molecule has 0 aliphatic carbocycles. The predicted octanol–water partition coefficient (Wildman–Crippen LogP) is 1.32. The molecular formula is C11H13N5. The van der Waals surface area contributed by atoms with Gasteiger partial charge in [0.1, 0.15) is 5.69 Å². The van der Waals surface area contributed by atoms with Gasteiger partial charge in [-0.2, -0.15) is 4.98 Å². The summed E-state index contributed by atoms with van der Waals surface area (Å²) in [6.07, 6.45) is 0. The molecule has 0 aliphatic rings. The van der Waals surface area contributed by atoms with Crippen molar-refractivity contribution in [3.8, 4) is 11.3 Å². The maximum Gasteiger partial charge on any atom is 0.242 e. The van der Waals surface area contributed by atoms with Gasteiger partial charge in [0.15, 0.2) is 5.82 Å². The minimum Gasteiger partial charge on any atom is -0.382 e. The molecule has 0 bridgehead atoms. The molecule has 5 nitrogen and oxygen atoms in total. The molecular weight excluding hydrogens is 202 g/mol. The highest BCUT2D eigenvalue weighted by atomic mass is 15.2. The van der Waals surface area contributed by atoms with Gasteiger partial charge in [-0.1, -0.05) is 12.1 Å². The van der Waals surface area contributed by atoms with Crippen LogP contribution in [0.25, 0.3) is 11.3 Å². The summed E-state index contributed by atoms with van der Waals surface area (Å²) in [5, 5.41) is 7.66. The van der Waals surface area contributed by atoms with E-state index in [4.69, 9.17) is 11.5 Å². The molecule has 16 heavy (non-hydrogen) atoms. The first-order valence-corrected chi connectivity index (χ1v) is 4.91. The number of benzene rings is 1. The van der Waals surface area contributed by atoms with E-state index in [0.717, 1.165) is 5.56 Å². The maximum absolute atomic E-state index is 5.75. The largest absolute Gasteiger partial charge is 0.382 e. The second-order valence-corrected chi connectivity index (χ2v) is 3.70. The van der Waals surface area contributed by atoms with Gasteiger partial charge in [-0.05, 0) is 31.0 Å². The lowest BCUT2D eigenvalue weighted by Crippen LogP contribution is -2.04. The Morgan fingerprint density at radius 3 is 2.38 bits per heavy atom. The fourth-order valence-corrected chi connectivity index (χ4v) is 1.45. The van der Waals surface area contributed by atoms with Crippen molar-refractivity contribution in [2.45, 2.75) is 13.8 Å². The molecule has 0 saturated carbocycles. The average Bonchev–Trinajstić information content (AvgIpc) is 2.22. The van der Waals surface area contributed by atoms with Crippen molar-refractivity contribution in [3.63, 3.8) is 0 Å². The van der Waals surface area contributed by atoms with Crippen LogP contribution in [0.3, 0.4) is 0 Å². The van der Waals surface area contributed by atoms with Crippen LogP contribution in [0.15, 0.2) is 18.2 Å². The lowest BCUT2D eigenvalue weighted by Gasteiger charge is -2.06. The molecule has 0 unspecified atom stereocenters. The van der Waals surface area contributed by atoms with Gasteiger partial charge in [0.25, 0.3) is 0 Å². The van der Waals surface area contributed by atoms with Crippen molar-refractivity contribution in [1.29, 1.82) is 0 Å². The fraction of sp³-hybridized carbons (Fsp3) is 0.182. The van der Waals surface area contributed by atoms with E-state index in [9.17, 15) is 0 Å². The SMILES string of the molecule is Cc1ccc(-c2nnc(N)nc2N)cc1C. The van der Waals surface area contributed by atoms with Gasteiger partial charge in [-0.15, -0.1) is 10.2 Å². The normalized spacial score (nSPS) is 10.4. The second-order valence-electron chi connectivity index (χ2n) is 3.70. The highest BCUT2D eigenvalue weighted by molar-refractivity contribution is 5.70. The second kappa shape index (κ2) is 3.77. The number of hydrogen-bond acceptors (Lipinski definition) is 5. The first kappa shape index (κ1) is 10.4. The van der Waals surface area contributed by atoms with Gasteiger partial charge in [0, 0.05) is 5.56 Å². The minimum absolute atomic E-state index is 0.0880. The van der Waals surface area contributed by atoms with E-state index < -0.39 is 0 Å². The zero-order chi connectivity index (χ0) is 11.7. The third-order valence-electron chi connectivity index (χ3n) is 2.51. The number of hydrogen-bond donors (Lipinski definition) is 2. The molecule has 0 saturated heterocycles. The lowest BCUT2D eigenvalue weighted by atomic mass is 10.0. The molecule has 2 rings (SSSR count). The summed E-state index contributed by atoms with van der Waals surface area (Å²) in [5.41, 5.74) is 15.0. The summed E-state index contributed by atoms with van der Waals surface area (Å²) in [4.78, 5) is 3.88. The molecule has 0 fully saturated rings. The van der Waals surface area contributed by atoms with Crippen molar-refractivity contribution < 1.29 is 0 Å². The quantitative estimate of drug-likeness (QED) is 0.748. The molecule has 0 amide bonds. The molecule has 1 aromatic heterocycles. The average molecular weight is 215 g/mol. The van der Waals surface area contributed by atoms with Crippen molar-refractivity contribution in [1.82, 2.24) is 15.2 Å². The standard InChI is InChI=1S/C11H13N5/c1-6-3-4-8(5-7(6)2)9-10(12)14-11(13)16-15-9/h3-5H,1-2H3,(H4,12,13,14,16). The van der Waals surface area contributed by atoms with Crippen LogP contribution in [0.1, 0.15) is 11.1 Å². The molecule has 0 radical (unpaired) electrons. The first-order chi connectivity index (χ1) is 7.58. The Morgan fingerprint density at radius 1 is 1.00 bits per heavy atom. The summed E-state index contributed by atoms with van der Waals surface area (Å²) in [6, 6.07) is 5.97. The Labute approximate surface area is 93.5 Å². The highest BCUT2D eigenvalue weighted by Crippen LogP contribution is 2.23. The maximum atomic E-state index is 5.75. The van der Waals surface area contributed by atoms with Crippen LogP contribution in [0, 0.1) is 13.8 Å². The van der Waals surface area contributed by atoms with Crippen molar-refractivity contribution >= 4 is 11.8 Å². The van der Waals surface area contributed by atoms with E-state index >= 15 is 0 Å². The molecule has 0 atom stereocenters. The predicted molar refractivity (Wildman–Crippen MR) is 63.6 cm³/mol. The lowest BCUT2D eigenvalue weighted by molar-refractivity contribution is 0.999. The van der Waals surface area contributed by atoms with Crippen molar-refractivity contribution in [3.05, 3.63) is 29.3 Å². The van der Waals surface area contributed by atoms with E-state index in [1.165, 1.54) is 11.1 Å². The Hall–Kier alpha value is -2.17. The van der Waals surface area contributed by atoms with Crippen LogP contribution in [0.2, 0.25) is 0 Å². The highest BCUT2D eigenvalue weighted by Gasteiger charge is 2.08. The number of nitrogens with two attached hydrogens (primary N) is 2. The Bertz CT molecular complexity index is 536. The number of nitrogens with zero attached hydrogens (tertiary/aromatic N) is 3. The minimum atomic E-state index is 0.0880. The molecule has 82 valence electrons. The number of aromatic nitrogens is 3. The summed E-state index contributed by atoms with van der Waals surface area (Å²) in [5.74, 6) is 0.390. The summed E-state index contributed by atoms with van der Waals surface area (Å²) < 4.78 is 0. The van der Waals surface area contributed by atoms with Crippen LogP contribution >= 0.6 is 0 Å². The third-order valence-corrected chi connectivity index (χ3v) is 2.51. The Morgan fingerprint density at radius 2 is 1.75 bits per heavy atom. The van der Waals surface area contributed by atoms with Crippen LogP contribution in [-0.4, -0.2) is 15.2 Å². The van der Waals surface area contributed by atoms with Crippen LogP contribution in [0.4, 0.5) is 11.8 Å². The van der Waals surface area contributed by atoms with Gasteiger partial charge in [-0.25, -0.2) is 0 Å². The van der Waals surface area contributed by atoms with Crippen LogP contribution in [-0.2, 0) is 0 Å². The molecule has 4 N–H and O–H groups in total. The molecule has 5 heteroatoms.